The van der Waals surface area contributed by atoms with E-state index < -0.39 is 36.0 Å². The Balaban J connectivity index is 1.66. The number of rotatable bonds is 19. The number of amides is 3. The first-order chi connectivity index (χ1) is 22.8. The van der Waals surface area contributed by atoms with Crippen LogP contribution in [-0.4, -0.2) is 59.6 Å². The SMILES string of the molecule is C=CC[C@@H](CC(=O)N(CCO)Cc1ccccc1)C(=O)NC[C@H](OC(=O)[C@@H](CC=C)NC(=O)OCc1ccccc1)c1ccccc1. The van der Waals surface area contributed by atoms with E-state index in [1.54, 1.807) is 30.3 Å². The molecule has 3 rings (SSSR count). The van der Waals surface area contributed by atoms with Crippen molar-refractivity contribution in [2.75, 3.05) is 19.7 Å². The summed E-state index contributed by atoms with van der Waals surface area (Å²) < 4.78 is 11.1. The molecule has 248 valence electrons. The van der Waals surface area contributed by atoms with Crippen LogP contribution in [-0.2, 0) is 37.0 Å². The van der Waals surface area contributed by atoms with Crippen LogP contribution < -0.4 is 10.6 Å². The lowest BCUT2D eigenvalue weighted by molar-refractivity contribution is -0.152. The molecule has 0 heterocycles. The fourth-order valence-corrected chi connectivity index (χ4v) is 4.78. The Morgan fingerprint density at radius 1 is 0.830 bits per heavy atom. The Bertz CT molecular complexity index is 1430. The summed E-state index contributed by atoms with van der Waals surface area (Å²) in [5.74, 6) is -2.17. The molecule has 0 saturated carbocycles. The highest BCUT2D eigenvalue weighted by Gasteiger charge is 2.28. The van der Waals surface area contributed by atoms with Crippen LogP contribution in [0.25, 0.3) is 0 Å². The summed E-state index contributed by atoms with van der Waals surface area (Å²) in [5, 5.41) is 14.9. The van der Waals surface area contributed by atoms with Gasteiger partial charge >= 0.3 is 12.1 Å². The molecule has 0 fully saturated rings. The van der Waals surface area contributed by atoms with Crippen molar-refractivity contribution in [3.8, 4) is 0 Å². The molecule has 0 saturated heterocycles. The molecular weight excluding hydrogens is 598 g/mol. The first-order valence-electron chi connectivity index (χ1n) is 15.5. The van der Waals surface area contributed by atoms with E-state index in [2.05, 4.69) is 23.8 Å². The van der Waals surface area contributed by atoms with Gasteiger partial charge < -0.3 is 30.1 Å². The van der Waals surface area contributed by atoms with E-state index in [0.29, 0.717) is 12.1 Å². The number of aliphatic hydroxyl groups is 1. The van der Waals surface area contributed by atoms with Crippen LogP contribution in [0.1, 0.15) is 42.1 Å². The maximum atomic E-state index is 13.4. The highest BCUT2D eigenvalue weighted by atomic mass is 16.6. The average molecular weight is 642 g/mol. The van der Waals surface area contributed by atoms with Crippen LogP contribution in [0.15, 0.2) is 116 Å². The fraction of sp³-hybridized carbons (Fsp3) is 0.297. The Morgan fingerprint density at radius 2 is 1.43 bits per heavy atom. The van der Waals surface area contributed by atoms with Gasteiger partial charge in [0.2, 0.25) is 11.8 Å². The topological polar surface area (TPSA) is 134 Å². The van der Waals surface area contributed by atoms with E-state index in [9.17, 15) is 24.3 Å². The summed E-state index contributed by atoms with van der Waals surface area (Å²) in [6.07, 6.45) is 1.59. The number of allylic oxidation sites excluding steroid dienone is 1. The van der Waals surface area contributed by atoms with Crippen molar-refractivity contribution in [2.24, 2.45) is 5.92 Å². The molecule has 0 aromatic heterocycles. The zero-order valence-electron chi connectivity index (χ0n) is 26.5. The van der Waals surface area contributed by atoms with Gasteiger partial charge in [-0.25, -0.2) is 9.59 Å². The molecule has 0 unspecified atom stereocenters. The van der Waals surface area contributed by atoms with E-state index in [-0.39, 0.29) is 51.5 Å². The molecule has 3 aromatic rings. The standard InChI is InChI=1S/C37H43N3O7/c1-3-14-31(24-34(42)40(22-23-41)26-28-16-8-5-9-17-28)35(43)38-25-33(30-20-12-7-13-21-30)47-36(44)32(15-4-2)39-37(45)46-27-29-18-10-6-11-19-29/h3-13,16-21,31-33,41H,1-2,14-15,22-27H2,(H,38,43)(H,39,45)/t31-,32+,33-/m0/s1. The van der Waals surface area contributed by atoms with E-state index in [4.69, 9.17) is 9.47 Å². The van der Waals surface area contributed by atoms with E-state index in [0.717, 1.165) is 11.1 Å². The number of aliphatic hydroxyl groups excluding tert-OH is 1. The van der Waals surface area contributed by atoms with Crippen molar-refractivity contribution >= 4 is 23.9 Å². The van der Waals surface area contributed by atoms with Crippen LogP contribution in [0.3, 0.4) is 0 Å². The maximum absolute atomic E-state index is 13.4. The molecule has 0 aliphatic rings. The van der Waals surface area contributed by atoms with E-state index in [1.807, 2.05) is 66.7 Å². The average Bonchev–Trinajstić information content (AvgIpc) is 3.09. The third-order valence-electron chi connectivity index (χ3n) is 7.27. The second-order valence-corrected chi connectivity index (χ2v) is 10.8. The summed E-state index contributed by atoms with van der Waals surface area (Å²) >= 11 is 0. The van der Waals surface area contributed by atoms with Gasteiger partial charge in [0.25, 0.3) is 0 Å². The third-order valence-corrected chi connectivity index (χ3v) is 7.27. The Labute approximate surface area is 276 Å². The van der Waals surface area contributed by atoms with Crippen molar-refractivity contribution in [3.05, 3.63) is 133 Å². The van der Waals surface area contributed by atoms with Crippen LogP contribution in [0, 0.1) is 5.92 Å². The minimum atomic E-state index is -1.08. The Hall–Kier alpha value is -5.22. The van der Waals surface area contributed by atoms with Gasteiger partial charge in [-0.2, -0.15) is 0 Å². The smallest absolute Gasteiger partial charge is 0.408 e. The second kappa shape index (κ2) is 20.0. The lowest BCUT2D eigenvalue weighted by Crippen LogP contribution is -2.43. The van der Waals surface area contributed by atoms with E-state index >= 15 is 0 Å². The molecule has 0 radical (unpaired) electrons. The van der Waals surface area contributed by atoms with Crippen LogP contribution in [0.5, 0.6) is 0 Å². The number of carbonyl (C=O) groups is 4. The highest BCUT2D eigenvalue weighted by molar-refractivity contribution is 5.86. The molecule has 47 heavy (non-hydrogen) atoms. The Kier molecular flexibility index (Phi) is 15.4. The molecule has 0 spiro atoms. The van der Waals surface area contributed by atoms with Crippen molar-refractivity contribution in [3.63, 3.8) is 0 Å². The third kappa shape index (κ3) is 12.6. The highest BCUT2D eigenvalue weighted by Crippen LogP contribution is 2.20. The monoisotopic (exact) mass is 641 g/mol. The summed E-state index contributed by atoms with van der Waals surface area (Å²) in [6, 6.07) is 26.3. The molecule has 0 aliphatic carbocycles. The lowest BCUT2D eigenvalue weighted by atomic mass is 9.98. The molecule has 3 amide bonds. The molecule has 10 heteroatoms. The molecule has 0 aliphatic heterocycles. The summed E-state index contributed by atoms with van der Waals surface area (Å²) in [5.41, 5.74) is 2.32. The van der Waals surface area contributed by atoms with Crippen LogP contribution >= 0.6 is 0 Å². The molecule has 10 nitrogen and oxygen atoms in total. The summed E-state index contributed by atoms with van der Waals surface area (Å²) in [4.78, 5) is 54.0. The van der Waals surface area contributed by atoms with Crippen molar-refractivity contribution in [1.29, 1.82) is 0 Å². The fourth-order valence-electron chi connectivity index (χ4n) is 4.78. The summed E-state index contributed by atoms with van der Waals surface area (Å²) in [7, 11) is 0. The van der Waals surface area contributed by atoms with Crippen LogP contribution in [0.4, 0.5) is 4.79 Å². The number of carbonyl (C=O) groups excluding carboxylic acids is 4. The number of esters is 1. The zero-order chi connectivity index (χ0) is 33.9. The van der Waals surface area contributed by atoms with Gasteiger partial charge in [0.15, 0.2) is 0 Å². The largest absolute Gasteiger partial charge is 0.454 e. The zero-order valence-corrected chi connectivity index (χ0v) is 26.5. The van der Waals surface area contributed by atoms with E-state index in [1.165, 1.54) is 11.0 Å². The van der Waals surface area contributed by atoms with Gasteiger partial charge in [-0.3, -0.25) is 9.59 Å². The molecule has 0 bridgehead atoms. The summed E-state index contributed by atoms with van der Waals surface area (Å²) in [6.45, 7) is 7.58. The van der Waals surface area contributed by atoms with Crippen LogP contribution in [0.2, 0.25) is 0 Å². The van der Waals surface area contributed by atoms with Crippen molar-refractivity contribution in [1.82, 2.24) is 15.5 Å². The van der Waals surface area contributed by atoms with Gasteiger partial charge in [0, 0.05) is 19.5 Å². The van der Waals surface area contributed by atoms with Gasteiger partial charge in [-0.1, -0.05) is 103 Å². The number of nitrogens with one attached hydrogen (secondary N) is 2. The number of nitrogens with zero attached hydrogens (tertiary/aromatic N) is 1. The van der Waals surface area contributed by atoms with Gasteiger partial charge in [0.1, 0.15) is 18.8 Å². The predicted octanol–water partition coefficient (Wildman–Crippen LogP) is 4.86. The molecule has 3 aromatic carbocycles. The first kappa shape index (κ1) is 36.3. The number of alkyl carbamates (subject to hydrolysis) is 1. The van der Waals surface area contributed by atoms with Gasteiger partial charge in [-0.15, -0.1) is 13.2 Å². The second-order valence-electron chi connectivity index (χ2n) is 10.8. The first-order valence-corrected chi connectivity index (χ1v) is 15.5. The van der Waals surface area contributed by atoms with Gasteiger partial charge in [-0.05, 0) is 29.5 Å². The van der Waals surface area contributed by atoms with Gasteiger partial charge in [0.05, 0.1) is 19.1 Å². The maximum Gasteiger partial charge on any atom is 0.408 e. The number of ether oxygens (including phenoxy) is 2. The van der Waals surface area contributed by atoms with Crippen molar-refractivity contribution < 1.29 is 33.8 Å². The minimum Gasteiger partial charge on any atom is -0.454 e. The van der Waals surface area contributed by atoms with Crippen molar-refractivity contribution in [2.45, 2.75) is 44.6 Å². The quantitative estimate of drug-likeness (QED) is 0.126. The number of benzene rings is 3. The predicted molar refractivity (Wildman–Crippen MR) is 179 cm³/mol. The molecular formula is C37H43N3O7. The lowest BCUT2D eigenvalue weighted by Gasteiger charge is -2.25. The normalized spacial score (nSPS) is 12.4. The number of hydrogen-bond donors (Lipinski definition) is 3. The molecule has 3 atom stereocenters. The molecule has 3 N–H and O–H groups in total. The number of hydrogen-bond acceptors (Lipinski definition) is 7. The Morgan fingerprint density at radius 3 is 2.02 bits per heavy atom. The minimum absolute atomic E-state index is 0.0274.